The SMILES string of the molecule is C/N=C(Cl)\C=C(\OCc1ccccc1)C1N=CC=N1. The molecule has 0 radical (unpaired) electrons. The summed E-state index contributed by atoms with van der Waals surface area (Å²) in [5, 5.41) is 0.361. The van der Waals surface area contributed by atoms with E-state index in [1.807, 2.05) is 30.3 Å². The van der Waals surface area contributed by atoms with Crippen LogP contribution in [0.5, 0.6) is 0 Å². The van der Waals surface area contributed by atoms with E-state index in [0.29, 0.717) is 17.5 Å². The second kappa shape index (κ2) is 6.85. The first-order valence-corrected chi connectivity index (χ1v) is 6.23. The van der Waals surface area contributed by atoms with Crippen molar-refractivity contribution in [3.05, 3.63) is 47.7 Å². The highest BCUT2D eigenvalue weighted by Crippen LogP contribution is 2.15. The lowest BCUT2D eigenvalue weighted by molar-refractivity contribution is 0.183. The number of aliphatic imine (C=N–C) groups is 3. The van der Waals surface area contributed by atoms with Crippen LogP contribution in [-0.2, 0) is 11.3 Å². The van der Waals surface area contributed by atoms with Gasteiger partial charge in [0.2, 0.25) is 0 Å². The molecular formula is C14H14ClN3O. The fraction of sp³-hybridized carbons (Fsp3) is 0.214. The van der Waals surface area contributed by atoms with Gasteiger partial charge in [-0.1, -0.05) is 41.9 Å². The maximum absolute atomic E-state index is 5.91. The first-order valence-electron chi connectivity index (χ1n) is 5.85. The Morgan fingerprint density at radius 3 is 2.63 bits per heavy atom. The lowest BCUT2D eigenvalue weighted by Gasteiger charge is -2.12. The summed E-state index contributed by atoms with van der Waals surface area (Å²) in [4.78, 5) is 12.2. The molecule has 98 valence electrons. The van der Waals surface area contributed by atoms with Gasteiger partial charge in [-0.15, -0.1) is 0 Å². The number of halogens is 1. The maximum atomic E-state index is 5.91. The molecule has 1 aromatic rings. The van der Waals surface area contributed by atoms with Crippen molar-refractivity contribution < 1.29 is 4.74 Å². The highest BCUT2D eigenvalue weighted by molar-refractivity contribution is 6.68. The van der Waals surface area contributed by atoms with Gasteiger partial charge in [0.25, 0.3) is 0 Å². The van der Waals surface area contributed by atoms with Gasteiger partial charge in [0.1, 0.15) is 17.5 Å². The maximum Gasteiger partial charge on any atom is 0.196 e. The van der Waals surface area contributed by atoms with Crippen LogP contribution in [0.15, 0.2) is 57.1 Å². The Morgan fingerprint density at radius 1 is 1.32 bits per heavy atom. The van der Waals surface area contributed by atoms with E-state index in [9.17, 15) is 0 Å². The molecule has 1 aliphatic heterocycles. The van der Waals surface area contributed by atoms with Crippen molar-refractivity contribution in [3.8, 4) is 0 Å². The van der Waals surface area contributed by atoms with Crippen molar-refractivity contribution in [1.82, 2.24) is 0 Å². The van der Waals surface area contributed by atoms with Crippen LogP contribution in [0.1, 0.15) is 5.56 Å². The van der Waals surface area contributed by atoms with Crippen LogP contribution >= 0.6 is 11.6 Å². The van der Waals surface area contributed by atoms with Gasteiger partial charge in [0.05, 0.1) is 0 Å². The molecule has 2 rings (SSSR count). The quantitative estimate of drug-likeness (QED) is 0.602. The molecule has 19 heavy (non-hydrogen) atoms. The number of ether oxygens (including phenoxy) is 1. The summed E-state index contributed by atoms with van der Waals surface area (Å²) in [6, 6.07) is 9.89. The van der Waals surface area contributed by atoms with E-state index in [1.54, 1.807) is 25.6 Å². The molecule has 1 aromatic carbocycles. The Kier molecular flexibility index (Phi) is 4.86. The molecule has 0 aromatic heterocycles. The van der Waals surface area contributed by atoms with E-state index >= 15 is 0 Å². The fourth-order valence-corrected chi connectivity index (χ4v) is 1.65. The second-order valence-corrected chi connectivity index (χ2v) is 4.22. The first-order chi connectivity index (χ1) is 9.29. The first kappa shape index (κ1) is 13.5. The van der Waals surface area contributed by atoms with Gasteiger partial charge >= 0.3 is 0 Å². The van der Waals surface area contributed by atoms with E-state index in [1.165, 1.54) is 0 Å². The van der Waals surface area contributed by atoms with Gasteiger partial charge in [-0.2, -0.15) is 0 Å². The van der Waals surface area contributed by atoms with E-state index in [2.05, 4.69) is 15.0 Å². The van der Waals surface area contributed by atoms with Gasteiger partial charge in [-0.25, -0.2) is 0 Å². The number of nitrogens with zero attached hydrogens (tertiary/aromatic N) is 3. The standard InChI is InChI=1S/C14H14ClN3O/c1-16-13(15)9-12(14-17-7-8-18-14)19-10-11-5-3-2-4-6-11/h2-9,14H,10H2,1H3/b12-9+,16-13+. The molecule has 0 atom stereocenters. The number of benzene rings is 1. The van der Waals surface area contributed by atoms with Crippen molar-refractivity contribution in [2.75, 3.05) is 7.05 Å². The molecule has 0 saturated heterocycles. The zero-order valence-corrected chi connectivity index (χ0v) is 11.3. The molecule has 1 heterocycles. The smallest absolute Gasteiger partial charge is 0.196 e. The highest BCUT2D eigenvalue weighted by atomic mass is 35.5. The van der Waals surface area contributed by atoms with Crippen LogP contribution in [0, 0.1) is 0 Å². The van der Waals surface area contributed by atoms with Crippen molar-refractivity contribution in [2.45, 2.75) is 12.8 Å². The zero-order valence-electron chi connectivity index (χ0n) is 10.5. The largest absolute Gasteiger partial charge is 0.489 e. The molecule has 0 fully saturated rings. The van der Waals surface area contributed by atoms with Crippen LogP contribution < -0.4 is 0 Å². The van der Waals surface area contributed by atoms with Crippen LogP contribution in [0.3, 0.4) is 0 Å². The zero-order chi connectivity index (χ0) is 13.5. The summed E-state index contributed by atoms with van der Waals surface area (Å²) in [5.74, 6) is 0.587. The van der Waals surface area contributed by atoms with Gasteiger partial charge in [-0.3, -0.25) is 15.0 Å². The van der Waals surface area contributed by atoms with Crippen molar-refractivity contribution >= 4 is 29.2 Å². The predicted molar refractivity (Wildman–Crippen MR) is 79.3 cm³/mol. The Bertz CT molecular complexity index is 523. The third-order valence-corrected chi connectivity index (χ3v) is 2.78. The van der Waals surface area contributed by atoms with Crippen molar-refractivity contribution in [1.29, 1.82) is 0 Å². The summed E-state index contributed by atoms with van der Waals surface area (Å²) >= 11 is 5.91. The second-order valence-electron chi connectivity index (χ2n) is 3.84. The molecular weight excluding hydrogens is 262 g/mol. The molecule has 1 aliphatic rings. The summed E-state index contributed by atoms with van der Waals surface area (Å²) in [5.41, 5.74) is 1.07. The molecule has 4 nitrogen and oxygen atoms in total. The highest BCUT2D eigenvalue weighted by Gasteiger charge is 2.15. The molecule has 5 heteroatoms. The van der Waals surface area contributed by atoms with E-state index < -0.39 is 0 Å². The van der Waals surface area contributed by atoms with Crippen LogP contribution in [0.2, 0.25) is 0 Å². The minimum absolute atomic E-state index is 0.361. The molecule has 0 spiro atoms. The predicted octanol–water partition coefficient (Wildman–Crippen LogP) is 2.84. The van der Waals surface area contributed by atoms with E-state index in [-0.39, 0.29) is 6.17 Å². The van der Waals surface area contributed by atoms with E-state index in [0.717, 1.165) is 5.56 Å². The number of hydrogen-bond acceptors (Lipinski definition) is 4. The Morgan fingerprint density at radius 2 is 2.00 bits per heavy atom. The topological polar surface area (TPSA) is 46.3 Å². The van der Waals surface area contributed by atoms with Crippen LogP contribution in [0.4, 0.5) is 0 Å². The molecule has 0 bridgehead atoms. The minimum atomic E-state index is -0.362. The Hall–Kier alpha value is -1.94. The molecule has 0 N–H and O–H groups in total. The summed E-state index contributed by atoms with van der Waals surface area (Å²) in [6.45, 7) is 0.447. The van der Waals surface area contributed by atoms with Gasteiger partial charge < -0.3 is 4.74 Å². The van der Waals surface area contributed by atoms with Crippen LogP contribution in [-0.4, -0.2) is 30.8 Å². The molecule has 0 unspecified atom stereocenters. The van der Waals surface area contributed by atoms with Crippen molar-refractivity contribution in [3.63, 3.8) is 0 Å². The minimum Gasteiger partial charge on any atom is -0.489 e. The Labute approximate surface area is 117 Å². The summed E-state index contributed by atoms with van der Waals surface area (Å²) in [7, 11) is 1.62. The fourth-order valence-electron chi connectivity index (χ4n) is 1.54. The van der Waals surface area contributed by atoms with Gasteiger partial charge in [-0.05, 0) is 5.56 Å². The van der Waals surface area contributed by atoms with E-state index in [4.69, 9.17) is 16.3 Å². The molecule has 0 aliphatic carbocycles. The van der Waals surface area contributed by atoms with Gasteiger partial charge in [0, 0.05) is 25.6 Å². The van der Waals surface area contributed by atoms with Crippen molar-refractivity contribution in [2.24, 2.45) is 15.0 Å². The number of hydrogen-bond donors (Lipinski definition) is 0. The number of allylic oxidation sites excluding steroid dienone is 1. The van der Waals surface area contributed by atoms with Gasteiger partial charge in [0.15, 0.2) is 6.17 Å². The monoisotopic (exact) mass is 275 g/mol. The normalized spacial score (nSPS) is 16.1. The third-order valence-electron chi connectivity index (χ3n) is 2.50. The van der Waals surface area contributed by atoms with Crippen LogP contribution in [0.25, 0.3) is 0 Å². The third kappa shape index (κ3) is 4.03. The average Bonchev–Trinajstić information content (AvgIpc) is 2.98. The molecule has 0 amide bonds. The number of rotatable bonds is 5. The lowest BCUT2D eigenvalue weighted by Crippen LogP contribution is -2.08. The Balaban J connectivity index is 2.08. The molecule has 0 saturated carbocycles. The average molecular weight is 276 g/mol. The lowest BCUT2D eigenvalue weighted by atomic mass is 10.2. The summed E-state index contributed by atoms with van der Waals surface area (Å²) in [6.07, 6.45) is 4.57. The summed E-state index contributed by atoms with van der Waals surface area (Å²) < 4.78 is 5.75.